The number of carbonyl (C=O) groups is 1. The van der Waals surface area contributed by atoms with E-state index in [-0.39, 0.29) is 18.1 Å². The molecule has 0 bridgehead atoms. The molecule has 7 heteroatoms. The summed E-state index contributed by atoms with van der Waals surface area (Å²) in [6.07, 6.45) is -0.564. The predicted molar refractivity (Wildman–Crippen MR) is 93.4 cm³/mol. The first kappa shape index (κ1) is 18.8. The first-order valence-corrected chi connectivity index (χ1v) is 8.75. The van der Waals surface area contributed by atoms with Crippen LogP contribution in [0.25, 0.3) is 0 Å². The Kier molecular flexibility index (Phi) is 6.20. The normalized spacial score (nSPS) is 26.6. The largest absolute Gasteiger partial charge is 0.364 e. The first-order valence-electron chi connectivity index (χ1n) is 7.61. The fourth-order valence-electron chi connectivity index (χ4n) is 3.00. The third kappa shape index (κ3) is 4.97. The quantitative estimate of drug-likeness (QED) is 0.789. The second kappa shape index (κ2) is 7.58. The Labute approximate surface area is 152 Å². The summed E-state index contributed by atoms with van der Waals surface area (Å²) >= 11 is 18.5. The van der Waals surface area contributed by atoms with Gasteiger partial charge in [0.1, 0.15) is 25.3 Å². The Hall–Kier alpha value is -0.520. The maximum atomic E-state index is 12.6. The molecule has 0 unspecified atom stereocenters. The number of ether oxygens (including phenoxy) is 1. The Bertz CT molecular complexity index is 553. The van der Waals surface area contributed by atoms with Crippen LogP contribution in [-0.2, 0) is 4.74 Å². The molecular formula is C16H22Cl3N2O2+. The third-order valence-electron chi connectivity index (χ3n) is 3.96. The summed E-state index contributed by atoms with van der Waals surface area (Å²) < 4.78 is 4.12. The van der Waals surface area contributed by atoms with Gasteiger partial charge < -0.3 is 9.64 Å². The molecule has 3 atom stereocenters. The molecule has 1 aromatic rings. The highest BCUT2D eigenvalue weighted by atomic mass is 35.6. The van der Waals surface area contributed by atoms with Crippen molar-refractivity contribution in [2.45, 2.75) is 42.9 Å². The maximum absolute atomic E-state index is 12.6. The first-order chi connectivity index (χ1) is 10.7. The van der Waals surface area contributed by atoms with E-state index in [1.165, 1.54) is 0 Å². The zero-order valence-corrected chi connectivity index (χ0v) is 15.7. The Balaban J connectivity index is 2.20. The summed E-state index contributed by atoms with van der Waals surface area (Å²) in [6.45, 7) is 7.17. The van der Waals surface area contributed by atoms with Crippen molar-refractivity contribution >= 4 is 40.7 Å². The van der Waals surface area contributed by atoms with Crippen LogP contribution in [0.2, 0.25) is 0 Å². The van der Waals surface area contributed by atoms with E-state index in [0.29, 0.717) is 18.7 Å². The number of amides is 1. The molecule has 0 saturated carbocycles. The summed E-state index contributed by atoms with van der Waals surface area (Å²) in [5, 5.41) is 2.90. The Morgan fingerprint density at radius 3 is 2.35 bits per heavy atom. The highest BCUT2D eigenvalue weighted by Crippen LogP contribution is 2.28. The number of halogens is 3. The van der Waals surface area contributed by atoms with Gasteiger partial charge >= 0.3 is 0 Å². The minimum Gasteiger partial charge on any atom is -0.364 e. The van der Waals surface area contributed by atoms with Crippen LogP contribution >= 0.6 is 34.8 Å². The Morgan fingerprint density at radius 1 is 1.26 bits per heavy atom. The van der Waals surface area contributed by atoms with Gasteiger partial charge in [-0.1, -0.05) is 53.0 Å². The zero-order valence-electron chi connectivity index (χ0n) is 13.4. The lowest BCUT2D eigenvalue weighted by molar-refractivity contribution is -0.941. The second-order valence-corrected chi connectivity index (χ2v) is 8.46. The summed E-state index contributed by atoms with van der Waals surface area (Å²) in [5.74, 6) is -0.237. The fraction of sp³-hybridized carbons (Fsp3) is 0.562. The number of rotatable bonds is 3. The molecule has 128 valence electrons. The molecule has 1 aliphatic heterocycles. The lowest BCUT2D eigenvalue weighted by Crippen LogP contribution is -3.22. The van der Waals surface area contributed by atoms with Gasteiger partial charge in [-0.15, -0.1) is 0 Å². The number of carbonyl (C=O) groups excluding carboxylic acids is 1. The van der Waals surface area contributed by atoms with E-state index in [4.69, 9.17) is 39.5 Å². The molecule has 0 aliphatic carbocycles. The number of hydrogen-bond donors (Lipinski definition) is 2. The van der Waals surface area contributed by atoms with Gasteiger partial charge in [0.2, 0.25) is 6.17 Å². The summed E-state index contributed by atoms with van der Waals surface area (Å²) in [4.78, 5) is 13.6. The molecule has 1 saturated heterocycles. The highest BCUT2D eigenvalue weighted by molar-refractivity contribution is 6.68. The predicted octanol–water partition coefficient (Wildman–Crippen LogP) is 2.11. The van der Waals surface area contributed by atoms with Crippen LogP contribution in [0.5, 0.6) is 0 Å². The minimum absolute atomic E-state index is 0.0407. The fourth-order valence-corrected chi connectivity index (χ4v) is 3.63. The van der Waals surface area contributed by atoms with Crippen molar-refractivity contribution in [3.63, 3.8) is 0 Å². The molecule has 4 nitrogen and oxygen atoms in total. The lowest BCUT2D eigenvalue weighted by Gasteiger charge is -2.39. The summed E-state index contributed by atoms with van der Waals surface area (Å²) in [7, 11) is 0. The van der Waals surface area contributed by atoms with Gasteiger partial charge in [0, 0.05) is 5.56 Å². The van der Waals surface area contributed by atoms with E-state index in [1.54, 1.807) is 6.07 Å². The van der Waals surface area contributed by atoms with Crippen LogP contribution in [0.3, 0.4) is 0 Å². The number of hydrogen-bond acceptors (Lipinski definition) is 2. The summed E-state index contributed by atoms with van der Waals surface area (Å²) in [6, 6.07) is 7.35. The van der Waals surface area contributed by atoms with Crippen molar-refractivity contribution in [2.24, 2.45) is 0 Å². The van der Waals surface area contributed by atoms with Crippen LogP contribution in [0.15, 0.2) is 24.3 Å². The van der Waals surface area contributed by atoms with Crippen molar-refractivity contribution in [1.82, 2.24) is 5.32 Å². The number of benzene rings is 1. The van der Waals surface area contributed by atoms with E-state index >= 15 is 0 Å². The van der Waals surface area contributed by atoms with Crippen LogP contribution in [0.1, 0.15) is 29.8 Å². The zero-order chi connectivity index (χ0) is 17.2. The molecule has 1 amide bonds. The van der Waals surface area contributed by atoms with Gasteiger partial charge in [-0.3, -0.25) is 10.1 Å². The van der Waals surface area contributed by atoms with Crippen molar-refractivity contribution < 1.29 is 14.4 Å². The number of aryl methyl sites for hydroxylation is 1. The number of morpholine rings is 1. The maximum Gasteiger partial charge on any atom is 0.262 e. The number of nitrogens with one attached hydrogen (secondary N) is 2. The topological polar surface area (TPSA) is 42.8 Å². The molecule has 2 N–H and O–H groups in total. The SMILES string of the molecule is Cc1ccccc1C(=O)N[C@@H]([NH+]1C[C@@H](C)O[C@H](C)C1)C(Cl)(Cl)Cl. The highest BCUT2D eigenvalue weighted by Gasteiger charge is 2.45. The van der Waals surface area contributed by atoms with E-state index in [0.717, 1.165) is 10.5 Å². The second-order valence-electron chi connectivity index (χ2n) is 6.09. The molecular weight excluding hydrogens is 359 g/mol. The van der Waals surface area contributed by atoms with Crippen molar-refractivity contribution in [3.8, 4) is 0 Å². The van der Waals surface area contributed by atoms with Crippen LogP contribution in [-0.4, -0.2) is 41.2 Å². The van der Waals surface area contributed by atoms with Gasteiger partial charge in [-0.25, -0.2) is 0 Å². The van der Waals surface area contributed by atoms with Crippen molar-refractivity contribution in [2.75, 3.05) is 13.1 Å². The molecule has 2 rings (SSSR count). The van der Waals surface area contributed by atoms with Crippen molar-refractivity contribution in [1.29, 1.82) is 0 Å². The molecule has 1 fully saturated rings. The molecule has 0 aromatic heterocycles. The van der Waals surface area contributed by atoms with Crippen LogP contribution in [0.4, 0.5) is 0 Å². The van der Waals surface area contributed by atoms with Crippen molar-refractivity contribution in [3.05, 3.63) is 35.4 Å². The van der Waals surface area contributed by atoms with Crippen LogP contribution in [0, 0.1) is 6.92 Å². The van der Waals surface area contributed by atoms with E-state index in [9.17, 15) is 4.79 Å². The van der Waals surface area contributed by atoms with Crippen LogP contribution < -0.4 is 10.2 Å². The average Bonchev–Trinajstić information content (AvgIpc) is 2.42. The molecule has 0 spiro atoms. The standard InChI is InChI=1S/C16H21Cl3N2O2/c1-10-6-4-5-7-13(10)14(22)20-15(16(17,18)19)21-8-11(2)23-12(3)9-21/h4-7,11-12,15H,8-9H2,1-3H3,(H,20,22)/p+1/t11-,12-,15+/m1/s1. The van der Waals surface area contributed by atoms with Gasteiger partial charge in [0.15, 0.2) is 0 Å². The van der Waals surface area contributed by atoms with Gasteiger partial charge in [-0.05, 0) is 32.4 Å². The molecule has 1 aromatic carbocycles. The van der Waals surface area contributed by atoms with Gasteiger partial charge in [0.05, 0.1) is 0 Å². The molecule has 1 aliphatic rings. The number of alkyl halides is 3. The third-order valence-corrected chi connectivity index (χ3v) is 4.62. The van der Waals surface area contributed by atoms with E-state index in [2.05, 4.69) is 5.32 Å². The molecule has 23 heavy (non-hydrogen) atoms. The van der Waals surface area contributed by atoms with E-state index in [1.807, 2.05) is 39.0 Å². The molecule has 1 heterocycles. The average molecular weight is 381 g/mol. The Morgan fingerprint density at radius 2 is 1.83 bits per heavy atom. The smallest absolute Gasteiger partial charge is 0.262 e. The minimum atomic E-state index is -1.61. The van der Waals surface area contributed by atoms with Gasteiger partial charge in [-0.2, -0.15) is 0 Å². The number of quaternary nitrogens is 1. The van der Waals surface area contributed by atoms with Gasteiger partial charge in [0.25, 0.3) is 9.70 Å². The monoisotopic (exact) mass is 379 g/mol. The molecule has 0 radical (unpaired) electrons. The summed E-state index contributed by atoms with van der Waals surface area (Å²) in [5.41, 5.74) is 1.47. The van der Waals surface area contributed by atoms with E-state index < -0.39 is 9.96 Å². The lowest BCUT2D eigenvalue weighted by atomic mass is 10.1.